The largest absolute Gasteiger partial charge is 0.493 e. The van der Waals surface area contributed by atoms with Crippen LogP contribution in [0.15, 0.2) is 16.6 Å². The molecule has 0 radical (unpaired) electrons. The highest BCUT2D eigenvalue weighted by atomic mass is 79.9. The fourth-order valence-corrected chi connectivity index (χ4v) is 3.80. The molecule has 0 amide bonds. The van der Waals surface area contributed by atoms with Crippen LogP contribution in [0.4, 0.5) is 0 Å². The lowest BCUT2D eigenvalue weighted by molar-refractivity contribution is 0.0872. The van der Waals surface area contributed by atoms with Crippen LogP contribution in [0.2, 0.25) is 0 Å². The summed E-state index contributed by atoms with van der Waals surface area (Å²) in [7, 11) is 0. The third kappa shape index (κ3) is 3.02. The Morgan fingerprint density at radius 3 is 3.10 bits per heavy atom. The van der Waals surface area contributed by atoms with Gasteiger partial charge in [-0.15, -0.1) is 0 Å². The molecule has 2 heterocycles. The van der Waals surface area contributed by atoms with Gasteiger partial charge < -0.3 is 14.8 Å². The quantitative estimate of drug-likeness (QED) is 0.892. The molecule has 1 saturated heterocycles. The summed E-state index contributed by atoms with van der Waals surface area (Å²) in [6, 6.07) is 4.34. The molecule has 1 N–H and O–H groups in total. The van der Waals surface area contributed by atoms with Crippen molar-refractivity contribution in [2.75, 3.05) is 19.8 Å². The molecule has 3 nitrogen and oxygen atoms in total. The molecule has 0 aromatic heterocycles. The van der Waals surface area contributed by atoms with Crippen molar-refractivity contribution in [2.45, 2.75) is 38.8 Å². The molecular weight excluding hydrogens is 318 g/mol. The van der Waals surface area contributed by atoms with Crippen molar-refractivity contribution in [1.29, 1.82) is 0 Å². The second-order valence-corrected chi connectivity index (χ2v) is 6.56. The van der Waals surface area contributed by atoms with Crippen LogP contribution in [-0.2, 0) is 17.7 Å². The molecule has 1 aromatic rings. The lowest BCUT2D eigenvalue weighted by Gasteiger charge is -2.18. The Kier molecular flexibility index (Phi) is 4.64. The molecule has 2 aliphatic rings. The van der Waals surface area contributed by atoms with E-state index in [0.717, 1.165) is 49.4 Å². The Balaban J connectivity index is 1.59. The van der Waals surface area contributed by atoms with Crippen LogP contribution in [0, 0.1) is 5.92 Å². The fourth-order valence-electron chi connectivity index (χ4n) is 3.25. The molecule has 2 unspecified atom stereocenters. The zero-order valence-corrected chi connectivity index (χ0v) is 13.5. The van der Waals surface area contributed by atoms with E-state index in [1.54, 1.807) is 0 Å². The molecule has 20 heavy (non-hydrogen) atoms. The first kappa shape index (κ1) is 14.4. The molecule has 1 fully saturated rings. The van der Waals surface area contributed by atoms with E-state index in [2.05, 4.69) is 40.3 Å². The molecule has 4 heteroatoms. The van der Waals surface area contributed by atoms with Gasteiger partial charge in [0, 0.05) is 36.2 Å². The fraction of sp³-hybridized carbons (Fsp3) is 0.625. The SMILES string of the molecule is CCC1OCCC1CNCc1cc(Br)cc2c1OCC2. The number of benzene rings is 1. The minimum atomic E-state index is 0.437. The van der Waals surface area contributed by atoms with E-state index in [1.807, 2.05) is 0 Å². The average Bonchev–Trinajstić information content (AvgIpc) is 3.06. The molecule has 3 rings (SSSR count). The Morgan fingerprint density at radius 2 is 2.25 bits per heavy atom. The molecular formula is C16H22BrNO2. The molecule has 0 bridgehead atoms. The van der Waals surface area contributed by atoms with E-state index >= 15 is 0 Å². The van der Waals surface area contributed by atoms with Crippen molar-refractivity contribution in [1.82, 2.24) is 5.32 Å². The Bertz CT molecular complexity index is 478. The standard InChI is InChI=1S/C16H22BrNO2/c1-2-15-12(4-5-19-15)9-18-10-13-8-14(17)7-11-3-6-20-16(11)13/h7-8,12,15,18H,2-6,9-10H2,1H3. The van der Waals surface area contributed by atoms with E-state index in [-0.39, 0.29) is 0 Å². The minimum absolute atomic E-state index is 0.437. The van der Waals surface area contributed by atoms with Crippen LogP contribution < -0.4 is 10.1 Å². The zero-order chi connectivity index (χ0) is 13.9. The van der Waals surface area contributed by atoms with Crippen molar-refractivity contribution in [3.63, 3.8) is 0 Å². The Hall–Kier alpha value is -0.580. The highest BCUT2D eigenvalue weighted by molar-refractivity contribution is 9.10. The lowest BCUT2D eigenvalue weighted by atomic mass is 9.99. The van der Waals surface area contributed by atoms with Gasteiger partial charge in [-0.1, -0.05) is 22.9 Å². The summed E-state index contributed by atoms with van der Waals surface area (Å²) in [5.74, 6) is 1.75. The maximum Gasteiger partial charge on any atom is 0.127 e. The van der Waals surface area contributed by atoms with Gasteiger partial charge in [0.05, 0.1) is 12.7 Å². The zero-order valence-electron chi connectivity index (χ0n) is 12.0. The monoisotopic (exact) mass is 339 g/mol. The third-order valence-electron chi connectivity index (χ3n) is 4.30. The van der Waals surface area contributed by atoms with Crippen molar-refractivity contribution < 1.29 is 9.47 Å². The van der Waals surface area contributed by atoms with Gasteiger partial charge in [0.15, 0.2) is 0 Å². The molecule has 110 valence electrons. The predicted octanol–water partition coefficient (Wildman–Crippen LogP) is 3.29. The van der Waals surface area contributed by atoms with Gasteiger partial charge >= 0.3 is 0 Å². The number of rotatable bonds is 5. The van der Waals surface area contributed by atoms with Crippen LogP contribution in [0.1, 0.15) is 30.9 Å². The summed E-state index contributed by atoms with van der Waals surface area (Å²) < 4.78 is 12.6. The van der Waals surface area contributed by atoms with E-state index in [1.165, 1.54) is 17.5 Å². The van der Waals surface area contributed by atoms with E-state index in [4.69, 9.17) is 9.47 Å². The number of nitrogens with one attached hydrogen (secondary N) is 1. The van der Waals surface area contributed by atoms with Crippen LogP contribution in [0.3, 0.4) is 0 Å². The van der Waals surface area contributed by atoms with E-state index in [9.17, 15) is 0 Å². The van der Waals surface area contributed by atoms with Crippen molar-refractivity contribution >= 4 is 15.9 Å². The Morgan fingerprint density at radius 1 is 1.35 bits per heavy atom. The predicted molar refractivity (Wildman–Crippen MR) is 83.2 cm³/mol. The molecule has 0 saturated carbocycles. The summed E-state index contributed by atoms with van der Waals surface area (Å²) in [5.41, 5.74) is 2.59. The van der Waals surface area contributed by atoms with Crippen molar-refractivity contribution in [3.05, 3.63) is 27.7 Å². The molecule has 0 aliphatic carbocycles. The molecule has 2 aliphatic heterocycles. The molecule has 0 spiro atoms. The number of ether oxygens (including phenoxy) is 2. The second-order valence-electron chi connectivity index (χ2n) is 5.65. The number of hydrogen-bond donors (Lipinski definition) is 1. The maximum atomic E-state index is 5.76. The summed E-state index contributed by atoms with van der Waals surface area (Å²) in [6.45, 7) is 5.83. The van der Waals surface area contributed by atoms with Gasteiger partial charge in [0.2, 0.25) is 0 Å². The summed E-state index contributed by atoms with van der Waals surface area (Å²) in [6.07, 6.45) is 3.75. The van der Waals surface area contributed by atoms with E-state index < -0.39 is 0 Å². The number of fused-ring (bicyclic) bond motifs is 1. The van der Waals surface area contributed by atoms with E-state index in [0.29, 0.717) is 12.0 Å². The third-order valence-corrected chi connectivity index (χ3v) is 4.75. The molecule has 1 aromatic carbocycles. The smallest absolute Gasteiger partial charge is 0.127 e. The first-order chi connectivity index (χ1) is 9.78. The Labute approximate surface area is 129 Å². The van der Waals surface area contributed by atoms with Crippen LogP contribution >= 0.6 is 15.9 Å². The average molecular weight is 340 g/mol. The van der Waals surface area contributed by atoms with Crippen LogP contribution in [0.5, 0.6) is 5.75 Å². The van der Waals surface area contributed by atoms with Gasteiger partial charge in [-0.05, 0) is 36.5 Å². The van der Waals surface area contributed by atoms with Crippen molar-refractivity contribution in [3.8, 4) is 5.75 Å². The van der Waals surface area contributed by atoms with Gasteiger partial charge in [0.1, 0.15) is 5.75 Å². The van der Waals surface area contributed by atoms with Crippen molar-refractivity contribution in [2.24, 2.45) is 5.92 Å². The lowest BCUT2D eigenvalue weighted by Crippen LogP contribution is -2.28. The first-order valence-electron chi connectivity index (χ1n) is 7.54. The van der Waals surface area contributed by atoms with Gasteiger partial charge in [-0.3, -0.25) is 0 Å². The molecule has 2 atom stereocenters. The summed E-state index contributed by atoms with van der Waals surface area (Å²) in [5, 5.41) is 3.58. The number of halogens is 1. The summed E-state index contributed by atoms with van der Waals surface area (Å²) >= 11 is 3.59. The maximum absolute atomic E-state index is 5.76. The first-order valence-corrected chi connectivity index (χ1v) is 8.33. The summed E-state index contributed by atoms with van der Waals surface area (Å²) in [4.78, 5) is 0. The van der Waals surface area contributed by atoms with Gasteiger partial charge in [-0.2, -0.15) is 0 Å². The van der Waals surface area contributed by atoms with Gasteiger partial charge in [0.25, 0.3) is 0 Å². The van der Waals surface area contributed by atoms with Gasteiger partial charge in [-0.25, -0.2) is 0 Å². The number of hydrogen-bond acceptors (Lipinski definition) is 3. The highest BCUT2D eigenvalue weighted by Gasteiger charge is 2.26. The van der Waals surface area contributed by atoms with Crippen LogP contribution in [0.25, 0.3) is 0 Å². The highest BCUT2D eigenvalue weighted by Crippen LogP contribution is 2.33. The normalized spacial score (nSPS) is 24.7. The topological polar surface area (TPSA) is 30.5 Å². The second kappa shape index (κ2) is 6.46. The van der Waals surface area contributed by atoms with Crippen LogP contribution in [-0.4, -0.2) is 25.9 Å². The minimum Gasteiger partial charge on any atom is -0.493 e.